The summed E-state index contributed by atoms with van der Waals surface area (Å²) in [7, 11) is 1.99. The molecule has 4 saturated carbocycles. The average molecular weight is 274 g/mol. The molecule has 1 aromatic rings. The lowest BCUT2D eigenvalue weighted by Crippen LogP contribution is -2.49. The molecule has 0 aromatic carbocycles. The van der Waals surface area contributed by atoms with Gasteiger partial charge in [0, 0.05) is 18.9 Å². The minimum atomic E-state index is -0.0973. The standard InChI is InChI=1S/C17H26N2O/c1-19-15(4-5-18-19)2-3-16(20)17-13-7-11-6-12(9-13)10-14(17)8-11/h4-5,11-14,16-17,20H,2-3,6-10H2,1H3. The summed E-state index contributed by atoms with van der Waals surface area (Å²) in [5, 5.41) is 15.0. The van der Waals surface area contributed by atoms with E-state index in [0.29, 0.717) is 5.92 Å². The third kappa shape index (κ3) is 2.11. The summed E-state index contributed by atoms with van der Waals surface area (Å²) in [5.74, 6) is 4.24. The molecule has 1 heterocycles. The van der Waals surface area contributed by atoms with Crippen LogP contribution in [0, 0.1) is 29.6 Å². The lowest BCUT2D eigenvalue weighted by Gasteiger charge is -2.55. The quantitative estimate of drug-likeness (QED) is 0.917. The molecule has 0 saturated heterocycles. The number of aliphatic hydroxyl groups is 1. The molecule has 0 radical (unpaired) electrons. The van der Waals surface area contributed by atoms with Crippen molar-refractivity contribution >= 4 is 0 Å². The number of hydrogen-bond acceptors (Lipinski definition) is 2. The molecule has 0 aliphatic heterocycles. The summed E-state index contributed by atoms with van der Waals surface area (Å²) in [5.41, 5.74) is 1.24. The van der Waals surface area contributed by atoms with Crippen LogP contribution in [0.2, 0.25) is 0 Å². The highest BCUT2D eigenvalue weighted by atomic mass is 16.3. The van der Waals surface area contributed by atoms with Gasteiger partial charge < -0.3 is 5.11 Å². The molecular weight excluding hydrogens is 248 g/mol. The molecule has 110 valence electrons. The maximum Gasteiger partial charge on any atom is 0.0577 e. The first kappa shape index (κ1) is 12.9. The molecule has 1 aromatic heterocycles. The normalized spacial score (nSPS) is 40.2. The number of nitrogens with zero attached hydrogens (tertiary/aromatic N) is 2. The van der Waals surface area contributed by atoms with Crippen molar-refractivity contribution in [2.24, 2.45) is 36.6 Å². The Kier molecular flexibility index (Phi) is 3.13. The zero-order chi connectivity index (χ0) is 13.7. The van der Waals surface area contributed by atoms with Crippen molar-refractivity contribution in [3.63, 3.8) is 0 Å². The lowest BCUT2D eigenvalue weighted by atomic mass is 9.50. The van der Waals surface area contributed by atoms with E-state index in [-0.39, 0.29) is 6.10 Å². The maximum atomic E-state index is 10.7. The van der Waals surface area contributed by atoms with Gasteiger partial charge in [0.1, 0.15) is 0 Å². The lowest BCUT2D eigenvalue weighted by molar-refractivity contribution is -0.0909. The van der Waals surface area contributed by atoms with Crippen LogP contribution >= 0.6 is 0 Å². The van der Waals surface area contributed by atoms with Crippen LogP contribution in [0.3, 0.4) is 0 Å². The van der Waals surface area contributed by atoms with Crippen LogP contribution in [0.5, 0.6) is 0 Å². The van der Waals surface area contributed by atoms with Crippen molar-refractivity contribution < 1.29 is 5.11 Å². The van der Waals surface area contributed by atoms with Crippen molar-refractivity contribution in [2.45, 2.75) is 51.0 Å². The molecule has 4 aliphatic rings. The Hall–Kier alpha value is -0.830. The molecule has 4 aliphatic carbocycles. The van der Waals surface area contributed by atoms with Crippen LogP contribution in [0.15, 0.2) is 12.3 Å². The van der Waals surface area contributed by atoms with Crippen LogP contribution in [0.25, 0.3) is 0 Å². The van der Waals surface area contributed by atoms with Gasteiger partial charge in [-0.15, -0.1) is 0 Å². The van der Waals surface area contributed by atoms with E-state index >= 15 is 0 Å². The first-order valence-corrected chi connectivity index (χ1v) is 8.35. The van der Waals surface area contributed by atoms with E-state index < -0.39 is 0 Å². The van der Waals surface area contributed by atoms with E-state index in [1.165, 1.54) is 37.8 Å². The molecule has 3 heteroatoms. The highest BCUT2D eigenvalue weighted by Gasteiger charge is 2.50. The monoisotopic (exact) mass is 274 g/mol. The highest BCUT2D eigenvalue weighted by Crippen LogP contribution is 2.57. The second-order valence-electron chi connectivity index (χ2n) is 7.56. The van der Waals surface area contributed by atoms with Crippen LogP contribution in [0.4, 0.5) is 0 Å². The predicted octanol–water partition coefficient (Wildman–Crippen LogP) is 2.79. The summed E-state index contributed by atoms with van der Waals surface area (Å²) in [6, 6.07) is 2.07. The van der Waals surface area contributed by atoms with Crippen molar-refractivity contribution in [1.82, 2.24) is 9.78 Å². The second-order valence-corrected chi connectivity index (χ2v) is 7.56. The maximum absolute atomic E-state index is 10.7. The number of aromatic nitrogens is 2. The van der Waals surface area contributed by atoms with Crippen LogP contribution in [-0.2, 0) is 13.5 Å². The highest BCUT2D eigenvalue weighted by molar-refractivity contribution is 5.03. The number of hydrogen-bond donors (Lipinski definition) is 1. The minimum Gasteiger partial charge on any atom is -0.393 e. The van der Waals surface area contributed by atoms with Crippen LogP contribution in [0.1, 0.15) is 44.2 Å². The topological polar surface area (TPSA) is 38.0 Å². The van der Waals surface area contributed by atoms with E-state index in [1.54, 1.807) is 0 Å². The molecule has 0 spiro atoms. The Bertz CT molecular complexity index is 453. The summed E-state index contributed by atoms with van der Waals surface area (Å²) in [6.07, 6.45) is 10.7. The van der Waals surface area contributed by atoms with E-state index in [0.717, 1.165) is 36.5 Å². The molecule has 0 amide bonds. The molecule has 1 atom stereocenters. The SMILES string of the molecule is Cn1nccc1CCC(O)C1C2CC3CC(C2)CC1C3. The van der Waals surface area contributed by atoms with E-state index in [1.807, 2.05) is 17.9 Å². The Morgan fingerprint density at radius 1 is 1.20 bits per heavy atom. The predicted molar refractivity (Wildman–Crippen MR) is 78.1 cm³/mol. The van der Waals surface area contributed by atoms with Gasteiger partial charge in [-0.1, -0.05) is 0 Å². The summed E-state index contributed by atoms with van der Waals surface area (Å²) in [4.78, 5) is 0. The third-order valence-corrected chi connectivity index (χ3v) is 6.36. The van der Waals surface area contributed by atoms with Gasteiger partial charge in [-0.05, 0) is 80.6 Å². The fourth-order valence-corrected chi connectivity index (χ4v) is 5.73. The van der Waals surface area contributed by atoms with Crippen molar-refractivity contribution in [2.75, 3.05) is 0 Å². The van der Waals surface area contributed by atoms with Crippen LogP contribution in [-0.4, -0.2) is 21.0 Å². The van der Waals surface area contributed by atoms with Gasteiger partial charge in [0.15, 0.2) is 0 Å². The van der Waals surface area contributed by atoms with Gasteiger partial charge in [-0.3, -0.25) is 4.68 Å². The van der Waals surface area contributed by atoms with E-state index in [9.17, 15) is 5.11 Å². The first-order chi connectivity index (χ1) is 9.70. The van der Waals surface area contributed by atoms with Crippen LogP contribution < -0.4 is 0 Å². The molecule has 5 rings (SSSR count). The van der Waals surface area contributed by atoms with Gasteiger partial charge >= 0.3 is 0 Å². The fourth-order valence-electron chi connectivity index (χ4n) is 5.73. The van der Waals surface area contributed by atoms with Gasteiger partial charge in [-0.25, -0.2) is 0 Å². The van der Waals surface area contributed by atoms with Crippen molar-refractivity contribution in [1.29, 1.82) is 0 Å². The van der Waals surface area contributed by atoms with E-state index in [4.69, 9.17) is 0 Å². The summed E-state index contributed by atoms with van der Waals surface area (Å²) >= 11 is 0. The molecule has 4 fully saturated rings. The Morgan fingerprint density at radius 2 is 1.85 bits per heavy atom. The molecule has 1 N–H and O–H groups in total. The minimum absolute atomic E-state index is 0.0973. The molecular formula is C17H26N2O. The summed E-state index contributed by atoms with van der Waals surface area (Å²) < 4.78 is 1.93. The zero-order valence-electron chi connectivity index (χ0n) is 12.4. The summed E-state index contributed by atoms with van der Waals surface area (Å²) in [6.45, 7) is 0. The van der Waals surface area contributed by atoms with E-state index in [2.05, 4.69) is 11.2 Å². The van der Waals surface area contributed by atoms with Crippen molar-refractivity contribution in [3.05, 3.63) is 18.0 Å². The second kappa shape index (κ2) is 4.87. The number of aryl methyl sites for hydroxylation is 2. The Labute approximate surface area is 121 Å². The average Bonchev–Trinajstić information content (AvgIpc) is 2.80. The van der Waals surface area contributed by atoms with Gasteiger partial charge in [0.25, 0.3) is 0 Å². The largest absolute Gasteiger partial charge is 0.393 e. The third-order valence-electron chi connectivity index (χ3n) is 6.36. The Balaban J connectivity index is 1.41. The van der Waals surface area contributed by atoms with Gasteiger partial charge in [0.05, 0.1) is 6.10 Å². The van der Waals surface area contributed by atoms with Gasteiger partial charge in [0.2, 0.25) is 0 Å². The smallest absolute Gasteiger partial charge is 0.0577 e. The van der Waals surface area contributed by atoms with Gasteiger partial charge in [-0.2, -0.15) is 5.10 Å². The number of aliphatic hydroxyl groups excluding tert-OH is 1. The number of rotatable bonds is 4. The molecule has 20 heavy (non-hydrogen) atoms. The molecule has 3 nitrogen and oxygen atoms in total. The Morgan fingerprint density at radius 3 is 2.40 bits per heavy atom. The molecule has 4 bridgehead atoms. The molecule has 1 unspecified atom stereocenters. The fraction of sp³-hybridized carbons (Fsp3) is 0.824. The zero-order valence-corrected chi connectivity index (χ0v) is 12.4. The first-order valence-electron chi connectivity index (χ1n) is 8.35. The van der Waals surface area contributed by atoms with Crippen molar-refractivity contribution in [3.8, 4) is 0 Å².